The molecule has 3 aromatic carbocycles. The van der Waals surface area contributed by atoms with Crippen LogP contribution >= 0.6 is 47.8 Å². The van der Waals surface area contributed by atoms with Gasteiger partial charge in [0.15, 0.2) is 5.70 Å². The zero-order valence-corrected chi connectivity index (χ0v) is 22.3. The summed E-state index contributed by atoms with van der Waals surface area (Å²) in [6.07, 6.45) is 1.58. The highest BCUT2D eigenvalue weighted by Gasteiger charge is 2.26. The molecule has 0 amide bonds. The Kier molecular flexibility index (Phi) is 7.30. The first-order valence-electron chi connectivity index (χ1n) is 9.85. The standard InChI is InChI=1S/C24H15Br3N2O5/c1-13-2-5-16(11-21(13)29(31)32)23-28-20(24(30)34-23)10-15-8-18(26)22(19(27)9-15)33-12-14-3-6-17(25)7-4-14/h2-11H,12H2,1H3/b20-10-. The number of esters is 1. The highest BCUT2D eigenvalue weighted by Crippen LogP contribution is 2.36. The van der Waals surface area contributed by atoms with Crippen molar-refractivity contribution in [2.45, 2.75) is 13.5 Å². The molecule has 0 spiro atoms. The van der Waals surface area contributed by atoms with Crippen LogP contribution < -0.4 is 4.74 Å². The Balaban J connectivity index is 1.57. The van der Waals surface area contributed by atoms with Gasteiger partial charge in [0.1, 0.15) is 12.4 Å². The van der Waals surface area contributed by atoms with E-state index in [4.69, 9.17) is 9.47 Å². The van der Waals surface area contributed by atoms with Crippen LogP contribution in [0.5, 0.6) is 5.75 Å². The number of halogens is 3. The van der Waals surface area contributed by atoms with Crippen LogP contribution in [0, 0.1) is 17.0 Å². The summed E-state index contributed by atoms with van der Waals surface area (Å²) >= 11 is 10.4. The van der Waals surface area contributed by atoms with Crippen LogP contribution in [0.1, 0.15) is 22.3 Å². The maximum Gasteiger partial charge on any atom is 0.363 e. The Morgan fingerprint density at radius 2 is 1.74 bits per heavy atom. The summed E-state index contributed by atoms with van der Waals surface area (Å²) in [7, 11) is 0. The van der Waals surface area contributed by atoms with Crippen molar-refractivity contribution in [2.24, 2.45) is 4.99 Å². The number of benzene rings is 3. The van der Waals surface area contributed by atoms with E-state index >= 15 is 0 Å². The van der Waals surface area contributed by atoms with Gasteiger partial charge in [0.2, 0.25) is 5.90 Å². The van der Waals surface area contributed by atoms with Gasteiger partial charge in [-0.1, -0.05) is 34.1 Å². The lowest BCUT2D eigenvalue weighted by Gasteiger charge is -2.11. The van der Waals surface area contributed by atoms with E-state index in [-0.39, 0.29) is 17.3 Å². The normalized spacial score (nSPS) is 14.2. The number of aliphatic imine (C=N–C) groups is 1. The van der Waals surface area contributed by atoms with E-state index in [2.05, 4.69) is 52.8 Å². The molecule has 7 nitrogen and oxygen atoms in total. The fourth-order valence-electron chi connectivity index (χ4n) is 3.17. The van der Waals surface area contributed by atoms with Crippen molar-refractivity contribution < 1.29 is 19.2 Å². The maximum absolute atomic E-state index is 12.4. The molecular weight excluding hydrogens is 636 g/mol. The summed E-state index contributed by atoms with van der Waals surface area (Å²) in [6, 6.07) is 16.0. The predicted octanol–water partition coefficient (Wildman–Crippen LogP) is 7.11. The minimum atomic E-state index is -0.638. The van der Waals surface area contributed by atoms with Crippen LogP contribution in [-0.4, -0.2) is 16.8 Å². The number of hydrogen-bond donors (Lipinski definition) is 0. The number of nitro benzene ring substituents is 1. The number of nitrogens with zero attached hydrogens (tertiary/aromatic N) is 2. The number of cyclic esters (lactones) is 1. The van der Waals surface area contributed by atoms with Crippen molar-refractivity contribution in [3.05, 3.63) is 106 Å². The first-order chi connectivity index (χ1) is 16.2. The number of rotatable bonds is 6. The van der Waals surface area contributed by atoms with Gasteiger partial charge in [-0.15, -0.1) is 0 Å². The summed E-state index contributed by atoms with van der Waals surface area (Å²) in [5.74, 6) is 0.00296. The highest BCUT2D eigenvalue weighted by molar-refractivity contribution is 9.11. The van der Waals surface area contributed by atoms with E-state index in [1.54, 1.807) is 37.3 Å². The van der Waals surface area contributed by atoms with Crippen molar-refractivity contribution in [3.8, 4) is 5.75 Å². The zero-order chi connectivity index (χ0) is 24.4. The number of carbonyl (C=O) groups excluding carboxylic acids is 1. The Bertz CT molecular complexity index is 1340. The predicted molar refractivity (Wildman–Crippen MR) is 139 cm³/mol. The molecule has 34 heavy (non-hydrogen) atoms. The van der Waals surface area contributed by atoms with Crippen molar-refractivity contribution >= 4 is 71.4 Å². The Morgan fingerprint density at radius 1 is 1.06 bits per heavy atom. The highest BCUT2D eigenvalue weighted by atomic mass is 79.9. The van der Waals surface area contributed by atoms with E-state index in [1.807, 2.05) is 24.3 Å². The van der Waals surface area contributed by atoms with Gasteiger partial charge >= 0.3 is 5.97 Å². The molecule has 0 unspecified atom stereocenters. The minimum absolute atomic E-state index is 0.0203. The van der Waals surface area contributed by atoms with Gasteiger partial charge in [0.05, 0.1) is 13.9 Å². The molecule has 0 aliphatic carbocycles. The molecular formula is C24H15Br3N2O5. The molecule has 10 heteroatoms. The molecule has 1 heterocycles. The Morgan fingerprint density at radius 3 is 2.38 bits per heavy atom. The molecule has 0 atom stereocenters. The topological polar surface area (TPSA) is 91.0 Å². The third kappa shape index (κ3) is 5.45. The molecule has 0 N–H and O–H groups in total. The van der Waals surface area contributed by atoms with Crippen LogP contribution in [0.3, 0.4) is 0 Å². The van der Waals surface area contributed by atoms with Crippen molar-refractivity contribution in [1.82, 2.24) is 0 Å². The fraction of sp³-hybridized carbons (Fsp3) is 0.0833. The summed E-state index contributed by atoms with van der Waals surface area (Å²) in [5, 5.41) is 11.2. The molecule has 0 saturated carbocycles. The van der Waals surface area contributed by atoms with Crippen molar-refractivity contribution in [3.63, 3.8) is 0 Å². The lowest BCUT2D eigenvalue weighted by Crippen LogP contribution is -2.06. The molecule has 0 fully saturated rings. The van der Waals surface area contributed by atoms with Gasteiger partial charge in [0, 0.05) is 21.7 Å². The molecule has 0 aromatic heterocycles. The lowest BCUT2D eigenvalue weighted by molar-refractivity contribution is -0.385. The van der Waals surface area contributed by atoms with Crippen molar-refractivity contribution in [1.29, 1.82) is 0 Å². The quantitative estimate of drug-likeness (QED) is 0.123. The Labute approximate surface area is 220 Å². The van der Waals surface area contributed by atoms with Gasteiger partial charge in [-0.05, 0) is 86.3 Å². The number of hydrogen-bond acceptors (Lipinski definition) is 6. The lowest BCUT2D eigenvalue weighted by atomic mass is 10.1. The fourth-order valence-corrected chi connectivity index (χ4v) is 4.88. The monoisotopic (exact) mass is 648 g/mol. The summed E-state index contributed by atoms with van der Waals surface area (Å²) < 4.78 is 13.6. The molecule has 0 radical (unpaired) electrons. The molecule has 3 aromatic rings. The van der Waals surface area contributed by atoms with Gasteiger partial charge < -0.3 is 9.47 Å². The number of aryl methyl sites for hydroxylation is 1. The summed E-state index contributed by atoms with van der Waals surface area (Å²) in [6.45, 7) is 2.02. The average Bonchev–Trinajstić information content (AvgIpc) is 3.14. The Hall–Kier alpha value is -2.82. The summed E-state index contributed by atoms with van der Waals surface area (Å²) in [5.41, 5.74) is 2.57. The van der Waals surface area contributed by atoms with E-state index < -0.39 is 10.9 Å². The van der Waals surface area contributed by atoms with Crippen LogP contribution in [0.25, 0.3) is 6.08 Å². The SMILES string of the molecule is Cc1ccc(C2=N/C(=C\c3cc(Br)c(OCc4ccc(Br)cc4)c(Br)c3)C(=O)O2)cc1[N+](=O)[O-]. The first-order valence-corrected chi connectivity index (χ1v) is 12.2. The first kappa shape index (κ1) is 24.3. The number of carbonyl (C=O) groups is 1. The van der Waals surface area contributed by atoms with E-state index in [0.717, 1.165) is 10.0 Å². The molecule has 172 valence electrons. The number of nitro groups is 1. The van der Waals surface area contributed by atoms with Gasteiger partial charge in [0.25, 0.3) is 5.69 Å². The number of ether oxygens (including phenoxy) is 2. The second kappa shape index (κ2) is 10.2. The average molecular weight is 651 g/mol. The van der Waals surface area contributed by atoms with Crippen molar-refractivity contribution in [2.75, 3.05) is 0 Å². The van der Waals surface area contributed by atoms with E-state index in [9.17, 15) is 14.9 Å². The molecule has 4 rings (SSSR count). The molecule has 1 aliphatic heterocycles. The molecule has 0 bridgehead atoms. The smallest absolute Gasteiger partial charge is 0.363 e. The maximum atomic E-state index is 12.4. The summed E-state index contributed by atoms with van der Waals surface area (Å²) in [4.78, 5) is 27.4. The second-order valence-electron chi connectivity index (χ2n) is 7.32. The van der Waals surface area contributed by atoms with Gasteiger partial charge in [-0.25, -0.2) is 9.79 Å². The third-order valence-electron chi connectivity index (χ3n) is 4.89. The van der Waals surface area contributed by atoms with E-state index in [0.29, 0.717) is 38.0 Å². The van der Waals surface area contributed by atoms with Gasteiger partial charge in [-0.3, -0.25) is 10.1 Å². The van der Waals surface area contributed by atoms with Crippen LogP contribution in [0.15, 0.2) is 78.7 Å². The van der Waals surface area contributed by atoms with Crippen LogP contribution in [0.4, 0.5) is 5.69 Å². The molecule has 1 aliphatic rings. The zero-order valence-electron chi connectivity index (χ0n) is 17.6. The molecule has 0 saturated heterocycles. The minimum Gasteiger partial charge on any atom is -0.487 e. The van der Waals surface area contributed by atoms with Crippen LogP contribution in [-0.2, 0) is 16.1 Å². The van der Waals surface area contributed by atoms with E-state index in [1.165, 1.54) is 6.07 Å². The van der Waals surface area contributed by atoms with Gasteiger partial charge in [-0.2, -0.15) is 0 Å². The largest absolute Gasteiger partial charge is 0.487 e. The second-order valence-corrected chi connectivity index (χ2v) is 9.95. The van der Waals surface area contributed by atoms with Crippen LogP contribution in [0.2, 0.25) is 0 Å². The third-order valence-corrected chi connectivity index (χ3v) is 6.60.